The molecule has 1 N–H and O–H groups in total. The molecule has 140 valence electrons. The molecular formula is C16H24N8OS. The van der Waals surface area contributed by atoms with Crippen molar-refractivity contribution >= 4 is 22.4 Å². The van der Waals surface area contributed by atoms with Gasteiger partial charge in [-0.1, -0.05) is 5.21 Å². The van der Waals surface area contributed by atoms with E-state index in [0.717, 1.165) is 57.5 Å². The predicted molar refractivity (Wildman–Crippen MR) is 99.6 cm³/mol. The van der Waals surface area contributed by atoms with Gasteiger partial charge in [0.05, 0.1) is 12.7 Å². The molecule has 9 nitrogen and oxygen atoms in total. The third kappa shape index (κ3) is 4.02. The van der Waals surface area contributed by atoms with Crippen LogP contribution >= 0.6 is 11.3 Å². The van der Waals surface area contributed by atoms with Crippen LogP contribution in [0.1, 0.15) is 10.5 Å². The molecule has 0 saturated carbocycles. The minimum absolute atomic E-state index is 0.0304. The second kappa shape index (κ2) is 8.11. The largest absolute Gasteiger partial charge is 0.345 e. The van der Waals surface area contributed by atoms with Gasteiger partial charge in [0.25, 0.3) is 5.91 Å². The van der Waals surface area contributed by atoms with E-state index in [4.69, 9.17) is 0 Å². The summed E-state index contributed by atoms with van der Waals surface area (Å²) in [5.41, 5.74) is 0.438. The second-order valence-electron chi connectivity index (χ2n) is 6.55. The number of hydrogen-bond donors (Lipinski definition) is 1. The number of nitrogens with zero attached hydrogens (tertiary/aromatic N) is 7. The zero-order chi connectivity index (χ0) is 17.8. The average molecular weight is 376 g/mol. The number of anilines is 1. The summed E-state index contributed by atoms with van der Waals surface area (Å²) in [5.74, 6) is -0.0304. The Hall–Kier alpha value is -2.04. The van der Waals surface area contributed by atoms with Crippen molar-refractivity contribution < 1.29 is 4.79 Å². The molecule has 2 aliphatic rings. The van der Waals surface area contributed by atoms with Crippen LogP contribution < -0.4 is 10.2 Å². The van der Waals surface area contributed by atoms with Crippen molar-refractivity contribution in [2.75, 3.05) is 63.8 Å². The molecule has 0 aliphatic carbocycles. The topological polar surface area (TPSA) is 82.4 Å². The van der Waals surface area contributed by atoms with Crippen molar-refractivity contribution in [2.24, 2.45) is 0 Å². The van der Waals surface area contributed by atoms with Crippen LogP contribution in [0.2, 0.25) is 0 Å². The second-order valence-corrected chi connectivity index (χ2v) is 7.43. The van der Waals surface area contributed by atoms with Crippen LogP contribution in [0.4, 0.5) is 5.13 Å². The number of carbonyl (C=O) groups excluding carboxylic acids is 1. The fourth-order valence-corrected chi connectivity index (χ4v) is 4.02. The first-order valence-corrected chi connectivity index (χ1v) is 9.94. The lowest BCUT2D eigenvalue weighted by Gasteiger charge is -2.34. The fraction of sp³-hybridized carbons (Fsp3) is 0.625. The van der Waals surface area contributed by atoms with Gasteiger partial charge in [-0.05, 0) is 0 Å². The Labute approximate surface area is 156 Å². The van der Waals surface area contributed by atoms with E-state index >= 15 is 0 Å². The Balaban J connectivity index is 1.28. The lowest BCUT2D eigenvalue weighted by Crippen LogP contribution is -2.48. The van der Waals surface area contributed by atoms with Crippen molar-refractivity contribution in [3.8, 4) is 0 Å². The van der Waals surface area contributed by atoms with Crippen LogP contribution in [0, 0.1) is 0 Å². The molecule has 4 rings (SSSR count). The first-order valence-electron chi connectivity index (χ1n) is 9.06. The molecule has 1 amide bonds. The molecule has 2 fully saturated rings. The number of carbonyl (C=O) groups is 1. The third-order valence-corrected chi connectivity index (χ3v) is 5.70. The highest BCUT2D eigenvalue weighted by Gasteiger charge is 2.25. The zero-order valence-corrected chi connectivity index (χ0v) is 15.6. The molecule has 2 saturated heterocycles. The van der Waals surface area contributed by atoms with Crippen molar-refractivity contribution in [1.82, 2.24) is 35.1 Å². The first kappa shape index (κ1) is 17.4. The maximum absolute atomic E-state index is 12.7. The molecule has 0 unspecified atom stereocenters. The van der Waals surface area contributed by atoms with E-state index in [-0.39, 0.29) is 5.91 Å². The standard InChI is InChI=1S/C16H24N8OS/c25-15(22-7-9-23(10-8-22)16-18-3-12-26-16)14-13-24(20-19-14)11-6-21-4-1-17-2-5-21/h3,12-13,17H,1-2,4-11H2. The first-order chi connectivity index (χ1) is 12.8. The van der Waals surface area contributed by atoms with Gasteiger partial charge in [0, 0.05) is 70.5 Å². The van der Waals surface area contributed by atoms with Gasteiger partial charge in [0.2, 0.25) is 0 Å². The molecule has 10 heteroatoms. The Kier molecular flexibility index (Phi) is 5.42. The molecule has 0 spiro atoms. The van der Waals surface area contributed by atoms with Crippen LogP contribution in [-0.4, -0.2) is 94.6 Å². The van der Waals surface area contributed by atoms with Gasteiger partial charge < -0.3 is 15.1 Å². The molecule has 2 aromatic heterocycles. The predicted octanol–water partition coefficient (Wildman–Crippen LogP) is -0.398. The van der Waals surface area contributed by atoms with Crippen molar-refractivity contribution in [3.63, 3.8) is 0 Å². The summed E-state index contributed by atoms with van der Waals surface area (Å²) in [6.45, 7) is 8.87. The molecule has 26 heavy (non-hydrogen) atoms. The number of nitrogens with one attached hydrogen (secondary N) is 1. The van der Waals surface area contributed by atoms with Crippen molar-refractivity contribution in [2.45, 2.75) is 6.54 Å². The average Bonchev–Trinajstić information content (AvgIpc) is 3.39. The van der Waals surface area contributed by atoms with Gasteiger partial charge in [-0.3, -0.25) is 14.4 Å². The lowest BCUT2D eigenvalue weighted by atomic mass is 10.3. The normalized spacial score (nSPS) is 19.1. The van der Waals surface area contributed by atoms with Gasteiger partial charge in [-0.15, -0.1) is 16.4 Å². The van der Waals surface area contributed by atoms with Gasteiger partial charge in [0.15, 0.2) is 10.8 Å². The number of aromatic nitrogens is 4. The van der Waals surface area contributed by atoms with Gasteiger partial charge in [0.1, 0.15) is 0 Å². The van der Waals surface area contributed by atoms with Crippen molar-refractivity contribution in [1.29, 1.82) is 0 Å². The Morgan fingerprint density at radius 1 is 1.12 bits per heavy atom. The molecule has 2 aliphatic heterocycles. The van der Waals surface area contributed by atoms with E-state index in [9.17, 15) is 4.79 Å². The summed E-state index contributed by atoms with van der Waals surface area (Å²) >= 11 is 1.63. The van der Waals surface area contributed by atoms with Gasteiger partial charge in [-0.25, -0.2) is 4.98 Å². The highest BCUT2D eigenvalue weighted by atomic mass is 32.1. The lowest BCUT2D eigenvalue weighted by molar-refractivity contribution is 0.0740. The quantitative estimate of drug-likeness (QED) is 0.760. The van der Waals surface area contributed by atoms with E-state index < -0.39 is 0 Å². The third-order valence-electron chi connectivity index (χ3n) is 4.87. The summed E-state index contributed by atoms with van der Waals surface area (Å²) in [4.78, 5) is 23.5. The Bertz CT molecular complexity index is 704. The van der Waals surface area contributed by atoms with E-state index in [1.807, 2.05) is 16.5 Å². The van der Waals surface area contributed by atoms with Crippen molar-refractivity contribution in [3.05, 3.63) is 23.5 Å². The molecule has 0 bridgehead atoms. The monoisotopic (exact) mass is 376 g/mol. The Morgan fingerprint density at radius 3 is 2.65 bits per heavy atom. The summed E-state index contributed by atoms with van der Waals surface area (Å²) < 4.78 is 1.78. The highest BCUT2D eigenvalue weighted by Crippen LogP contribution is 2.19. The fourth-order valence-electron chi connectivity index (χ4n) is 3.32. The number of hydrogen-bond acceptors (Lipinski definition) is 8. The maximum atomic E-state index is 12.7. The van der Waals surface area contributed by atoms with Gasteiger partial charge >= 0.3 is 0 Å². The molecule has 2 aromatic rings. The summed E-state index contributed by atoms with van der Waals surface area (Å²) in [5, 5.41) is 14.6. The minimum atomic E-state index is -0.0304. The van der Waals surface area contributed by atoms with E-state index in [2.05, 4.69) is 30.4 Å². The highest BCUT2D eigenvalue weighted by molar-refractivity contribution is 7.13. The smallest absolute Gasteiger partial charge is 0.276 e. The van der Waals surface area contributed by atoms with Crippen LogP contribution in [0.25, 0.3) is 0 Å². The SMILES string of the molecule is O=C(c1cn(CCN2CCNCC2)nn1)N1CCN(c2nccs2)CC1. The summed E-state index contributed by atoms with van der Waals surface area (Å²) in [6, 6.07) is 0. The van der Waals surface area contributed by atoms with E-state index in [1.165, 1.54) is 0 Å². The number of piperazine rings is 2. The van der Waals surface area contributed by atoms with E-state index in [0.29, 0.717) is 18.8 Å². The maximum Gasteiger partial charge on any atom is 0.276 e. The van der Waals surface area contributed by atoms with Crippen LogP contribution in [-0.2, 0) is 6.54 Å². The molecule has 0 aromatic carbocycles. The van der Waals surface area contributed by atoms with Crippen LogP contribution in [0.15, 0.2) is 17.8 Å². The zero-order valence-electron chi connectivity index (χ0n) is 14.8. The Morgan fingerprint density at radius 2 is 1.92 bits per heavy atom. The molecule has 0 radical (unpaired) electrons. The van der Waals surface area contributed by atoms with Crippen LogP contribution in [0.3, 0.4) is 0 Å². The number of rotatable bonds is 5. The number of amides is 1. The minimum Gasteiger partial charge on any atom is -0.345 e. The molecular weight excluding hydrogens is 352 g/mol. The number of thiazole rings is 1. The molecule has 4 heterocycles. The molecule has 0 atom stereocenters. The van der Waals surface area contributed by atoms with Crippen LogP contribution in [0.5, 0.6) is 0 Å². The van der Waals surface area contributed by atoms with E-state index in [1.54, 1.807) is 22.2 Å². The summed E-state index contributed by atoms with van der Waals surface area (Å²) in [7, 11) is 0. The summed E-state index contributed by atoms with van der Waals surface area (Å²) in [6.07, 6.45) is 3.59. The van der Waals surface area contributed by atoms with Gasteiger partial charge in [-0.2, -0.15) is 0 Å².